The lowest BCUT2D eigenvalue weighted by atomic mass is 9.95. The highest BCUT2D eigenvalue weighted by Crippen LogP contribution is 2.24. The lowest BCUT2D eigenvalue weighted by Crippen LogP contribution is -2.54. The minimum absolute atomic E-state index is 0.0200. The summed E-state index contributed by atoms with van der Waals surface area (Å²) >= 11 is 0. The van der Waals surface area contributed by atoms with Crippen LogP contribution in [0.15, 0.2) is 55.1 Å². The maximum Gasteiger partial charge on any atom is 0.514 e. The maximum absolute atomic E-state index is 13.4. The molecule has 0 aliphatic carbocycles. The van der Waals surface area contributed by atoms with E-state index in [0.717, 1.165) is 29.5 Å². The van der Waals surface area contributed by atoms with Crippen LogP contribution in [0.4, 0.5) is 9.59 Å². The smallest absolute Gasteiger partial charge is 0.444 e. The molecule has 228 valence electrons. The number of carbonyl (C=O) groups excluding carboxylic acids is 4. The predicted molar refractivity (Wildman–Crippen MR) is 160 cm³/mol. The zero-order chi connectivity index (χ0) is 31.3. The van der Waals surface area contributed by atoms with Crippen LogP contribution in [0.2, 0.25) is 0 Å². The van der Waals surface area contributed by atoms with Gasteiger partial charge in [0.1, 0.15) is 30.0 Å². The number of aryl methyl sites for hydroxylation is 3. The van der Waals surface area contributed by atoms with Gasteiger partial charge in [-0.15, -0.1) is 0 Å². The van der Waals surface area contributed by atoms with Gasteiger partial charge in [0.05, 0.1) is 0 Å². The Hall–Kier alpha value is -4.34. The molecule has 0 unspecified atom stereocenters. The molecule has 0 heterocycles. The summed E-state index contributed by atoms with van der Waals surface area (Å²) in [6.07, 6.45) is 1.49. The molecule has 0 saturated carbocycles. The molecule has 2 aromatic rings. The molecule has 3 amide bonds. The van der Waals surface area contributed by atoms with Crippen LogP contribution < -0.4 is 20.7 Å². The van der Waals surface area contributed by atoms with Gasteiger partial charge < -0.3 is 30.2 Å². The average molecular weight is 582 g/mol. The summed E-state index contributed by atoms with van der Waals surface area (Å²) < 4.78 is 15.5. The minimum atomic E-state index is -1.05. The maximum atomic E-state index is 13.4. The number of amides is 3. The first kappa shape index (κ1) is 33.9. The van der Waals surface area contributed by atoms with Crippen molar-refractivity contribution in [1.29, 1.82) is 0 Å². The Balaban J connectivity index is 2.09. The normalized spacial score (nSPS) is 12.3. The monoisotopic (exact) mass is 581 g/mol. The highest BCUT2D eigenvalue weighted by atomic mass is 16.7. The Morgan fingerprint density at radius 3 is 2.21 bits per heavy atom. The van der Waals surface area contributed by atoms with E-state index < -0.39 is 35.8 Å². The van der Waals surface area contributed by atoms with Gasteiger partial charge in [0, 0.05) is 13.0 Å². The van der Waals surface area contributed by atoms with Gasteiger partial charge in [-0.25, -0.2) is 9.59 Å². The van der Waals surface area contributed by atoms with Crippen molar-refractivity contribution in [2.24, 2.45) is 0 Å². The molecule has 2 rings (SSSR count). The minimum Gasteiger partial charge on any atom is -0.444 e. The molecule has 42 heavy (non-hydrogen) atoms. The topological polar surface area (TPSA) is 132 Å². The molecule has 0 aliphatic heterocycles. The Morgan fingerprint density at radius 2 is 1.62 bits per heavy atom. The predicted octanol–water partition coefficient (Wildman–Crippen LogP) is 4.69. The second-order valence-corrected chi connectivity index (χ2v) is 11.0. The van der Waals surface area contributed by atoms with E-state index >= 15 is 0 Å². The first-order chi connectivity index (χ1) is 19.8. The number of alkyl carbamates (subject to hydrolysis) is 1. The van der Waals surface area contributed by atoms with Crippen LogP contribution in [-0.4, -0.2) is 54.9 Å². The lowest BCUT2D eigenvalue weighted by Gasteiger charge is -2.25. The molecule has 0 aliphatic rings. The molecule has 0 aromatic heterocycles. The quantitative estimate of drug-likeness (QED) is 0.135. The Kier molecular flexibility index (Phi) is 13.1. The molecule has 3 N–H and O–H groups in total. The second-order valence-electron chi connectivity index (χ2n) is 11.0. The summed E-state index contributed by atoms with van der Waals surface area (Å²) in [7, 11) is 0. The fraction of sp³-hybridized carbons (Fsp3) is 0.438. The van der Waals surface area contributed by atoms with Gasteiger partial charge >= 0.3 is 12.2 Å². The van der Waals surface area contributed by atoms with Crippen LogP contribution in [0.3, 0.4) is 0 Å². The molecule has 0 spiro atoms. The van der Waals surface area contributed by atoms with Crippen molar-refractivity contribution < 1.29 is 33.4 Å². The van der Waals surface area contributed by atoms with E-state index in [2.05, 4.69) is 22.5 Å². The van der Waals surface area contributed by atoms with Crippen molar-refractivity contribution in [1.82, 2.24) is 16.0 Å². The number of carbonyl (C=O) groups is 4. The summed E-state index contributed by atoms with van der Waals surface area (Å²) in [6.45, 7) is 14.3. The van der Waals surface area contributed by atoms with Crippen LogP contribution in [0.5, 0.6) is 5.75 Å². The van der Waals surface area contributed by atoms with Gasteiger partial charge in [-0.1, -0.05) is 43.0 Å². The van der Waals surface area contributed by atoms with E-state index in [-0.39, 0.29) is 24.7 Å². The molecular weight excluding hydrogens is 538 g/mol. The van der Waals surface area contributed by atoms with Gasteiger partial charge in [-0.2, -0.15) is 0 Å². The Bertz CT molecular complexity index is 1220. The van der Waals surface area contributed by atoms with E-state index in [0.29, 0.717) is 6.54 Å². The Morgan fingerprint density at radius 1 is 0.976 bits per heavy atom. The zero-order valence-corrected chi connectivity index (χ0v) is 25.4. The lowest BCUT2D eigenvalue weighted by molar-refractivity contribution is -0.129. The summed E-state index contributed by atoms with van der Waals surface area (Å²) in [5.74, 6) is -0.592. The zero-order valence-electron chi connectivity index (χ0n) is 25.4. The molecule has 2 aromatic carbocycles. The van der Waals surface area contributed by atoms with Crippen LogP contribution in [-0.2, 0) is 31.9 Å². The first-order valence-electron chi connectivity index (χ1n) is 14.0. The van der Waals surface area contributed by atoms with Crippen molar-refractivity contribution >= 4 is 24.1 Å². The van der Waals surface area contributed by atoms with Gasteiger partial charge in [-0.05, 0) is 88.8 Å². The molecule has 2 atom stereocenters. The van der Waals surface area contributed by atoms with Crippen molar-refractivity contribution in [3.63, 3.8) is 0 Å². The Labute approximate surface area is 248 Å². The standard InChI is InChI=1S/C32H43N3O7/c1-8-17-40-31(39)41-25-18-21(2)26(22(3)19-25)20-27(35-30(38)42-32(5,6)7)29(37)34-23(4)28(36)33-16-12-15-24-13-10-9-11-14-24/h8-11,13-14,18-19,23,27H,1,12,15-17,20H2,2-7H3,(H,33,36)(H,34,37)(H,35,38)/t23-,27+/m1/s1. The van der Waals surface area contributed by atoms with Gasteiger partial charge in [0.15, 0.2) is 0 Å². The van der Waals surface area contributed by atoms with Gasteiger partial charge in [-0.3, -0.25) is 9.59 Å². The number of nitrogens with one attached hydrogen (secondary N) is 3. The SMILES string of the molecule is C=CCOC(=O)Oc1cc(C)c(C[C@H](NC(=O)OC(C)(C)C)C(=O)N[C@H](C)C(=O)NCCCc2ccccc2)c(C)c1. The van der Waals surface area contributed by atoms with Crippen molar-refractivity contribution in [3.8, 4) is 5.75 Å². The van der Waals surface area contributed by atoms with E-state index in [4.69, 9.17) is 14.2 Å². The number of hydrogen-bond donors (Lipinski definition) is 3. The molecule has 0 saturated heterocycles. The first-order valence-corrected chi connectivity index (χ1v) is 14.0. The molecule has 0 radical (unpaired) electrons. The molecule has 10 nitrogen and oxygen atoms in total. The summed E-state index contributed by atoms with van der Waals surface area (Å²) in [5, 5.41) is 8.20. The van der Waals surface area contributed by atoms with Crippen LogP contribution in [0, 0.1) is 13.8 Å². The number of rotatable bonds is 13. The van der Waals surface area contributed by atoms with Crippen LogP contribution >= 0.6 is 0 Å². The second kappa shape index (κ2) is 16.2. The summed E-state index contributed by atoms with van der Waals surface area (Å²) in [5.41, 5.74) is 2.63. The molecule has 0 bridgehead atoms. The fourth-order valence-corrected chi connectivity index (χ4v) is 4.13. The van der Waals surface area contributed by atoms with E-state index in [1.807, 2.05) is 30.3 Å². The van der Waals surface area contributed by atoms with E-state index in [1.54, 1.807) is 53.7 Å². The van der Waals surface area contributed by atoms with Gasteiger partial charge in [0.2, 0.25) is 11.8 Å². The molecule has 10 heteroatoms. The number of ether oxygens (including phenoxy) is 3. The summed E-state index contributed by atoms with van der Waals surface area (Å²) in [6, 6.07) is 11.4. The number of hydrogen-bond acceptors (Lipinski definition) is 7. The third-order valence-electron chi connectivity index (χ3n) is 6.14. The molecule has 0 fully saturated rings. The average Bonchev–Trinajstić information content (AvgIpc) is 2.90. The third kappa shape index (κ3) is 12.0. The fourth-order valence-electron chi connectivity index (χ4n) is 4.13. The number of benzene rings is 2. The third-order valence-corrected chi connectivity index (χ3v) is 6.14. The van der Waals surface area contributed by atoms with Crippen molar-refractivity contribution in [2.75, 3.05) is 13.2 Å². The van der Waals surface area contributed by atoms with Gasteiger partial charge in [0.25, 0.3) is 0 Å². The van der Waals surface area contributed by atoms with Crippen LogP contribution in [0.1, 0.15) is 56.4 Å². The largest absolute Gasteiger partial charge is 0.514 e. The summed E-state index contributed by atoms with van der Waals surface area (Å²) in [4.78, 5) is 50.5. The van der Waals surface area contributed by atoms with Crippen LogP contribution in [0.25, 0.3) is 0 Å². The van der Waals surface area contributed by atoms with E-state index in [1.165, 1.54) is 11.6 Å². The van der Waals surface area contributed by atoms with Crippen molar-refractivity contribution in [3.05, 3.63) is 77.4 Å². The van der Waals surface area contributed by atoms with Crippen molar-refractivity contribution in [2.45, 2.75) is 78.5 Å². The highest BCUT2D eigenvalue weighted by Gasteiger charge is 2.28. The molecular formula is C32H43N3O7. The highest BCUT2D eigenvalue weighted by molar-refractivity contribution is 5.91. The van der Waals surface area contributed by atoms with E-state index in [9.17, 15) is 19.2 Å².